The van der Waals surface area contributed by atoms with Crippen LogP contribution in [0.1, 0.15) is 25.8 Å². The minimum atomic E-state index is -0.279. The summed E-state index contributed by atoms with van der Waals surface area (Å²) in [6.45, 7) is 5.63. The SMILES string of the molecule is CCNC(CN1c2ccccc2CCC1C)C(=O)OC. The first kappa shape index (κ1) is 14.9. The number of methoxy groups -OCH3 is 1. The van der Waals surface area contributed by atoms with Gasteiger partial charge in [0, 0.05) is 18.3 Å². The number of carbonyl (C=O) groups excluding carboxylic acids is 1. The Kier molecular flexibility index (Phi) is 5.01. The van der Waals surface area contributed by atoms with Gasteiger partial charge >= 0.3 is 5.97 Å². The first-order valence-corrected chi connectivity index (χ1v) is 7.33. The molecule has 1 N–H and O–H groups in total. The molecule has 0 saturated carbocycles. The molecule has 0 aromatic heterocycles. The van der Waals surface area contributed by atoms with Crippen molar-refractivity contribution in [3.05, 3.63) is 29.8 Å². The van der Waals surface area contributed by atoms with Crippen molar-refractivity contribution in [1.29, 1.82) is 0 Å². The fourth-order valence-electron chi connectivity index (χ4n) is 2.85. The zero-order valence-corrected chi connectivity index (χ0v) is 12.6. The average Bonchev–Trinajstić information content (AvgIpc) is 2.48. The molecule has 0 saturated heterocycles. The summed E-state index contributed by atoms with van der Waals surface area (Å²) in [7, 11) is 1.44. The van der Waals surface area contributed by atoms with Gasteiger partial charge in [-0.1, -0.05) is 25.1 Å². The smallest absolute Gasteiger partial charge is 0.324 e. The van der Waals surface area contributed by atoms with Crippen molar-refractivity contribution in [2.24, 2.45) is 0 Å². The summed E-state index contributed by atoms with van der Waals surface area (Å²) in [5, 5.41) is 3.22. The molecule has 0 bridgehead atoms. The van der Waals surface area contributed by atoms with Crippen LogP contribution < -0.4 is 10.2 Å². The van der Waals surface area contributed by atoms with Crippen LogP contribution in [-0.4, -0.2) is 38.3 Å². The van der Waals surface area contributed by atoms with Gasteiger partial charge in [0.25, 0.3) is 0 Å². The Hall–Kier alpha value is -1.55. The van der Waals surface area contributed by atoms with Crippen LogP contribution >= 0.6 is 0 Å². The van der Waals surface area contributed by atoms with Gasteiger partial charge in [0.1, 0.15) is 6.04 Å². The van der Waals surface area contributed by atoms with E-state index in [1.165, 1.54) is 18.4 Å². The topological polar surface area (TPSA) is 41.6 Å². The molecule has 2 unspecified atom stereocenters. The summed E-state index contributed by atoms with van der Waals surface area (Å²) in [6.07, 6.45) is 2.23. The van der Waals surface area contributed by atoms with Gasteiger partial charge in [-0.15, -0.1) is 0 Å². The Bertz CT molecular complexity index is 462. The largest absolute Gasteiger partial charge is 0.468 e. The zero-order valence-electron chi connectivity index (χ0n) is 12.6. The molecule has 2 rings (SSSR count). The Labute approximate surface area is 121 Å². The zero-order chi connectivity index (χ0) is 14.5. The van der Waals surface area contributed by atoms with Crippen LogP contribution in [0.15, 0.2) is 24.3 Å². The predicted octanol–water partition coefficient (Wildman–Crippen LogP) is 1.98. The van der Waals surface area contributed by atoms with E-state index in [4.69, 9.17) is 4.74 Å². The van der Waals surface area contributed by atoms with E-state index in [2.05, 4.69) is 41.4 Å². The number of nitrogens with zero attached hydrogens (tertiary/aromatic N) is 1. The number of esters is 1. The number of hydrogen-bond donors (Lipinski definition) is 1. The molecule has 0 spiro atoms. The molecule has 1 heterocycles. The molecule has 1 aliphatic rings. The van der Waals surface area contributed by atoms with Crippen LogP contribution in [0.5, 0.6) is 0 Å². The molecule has 4 nitrogen and oxygen atoms in total. The van der Waals surface area contributed by atoms with E-state index in [0.29, 0.717) is 12.6 Å². The lowest BCUT2D eigenvalue weighted by Crippen LogP contribution is -2.50. The molecule has 0 amide bonds. The molecule has 4 heteroatoms. The Morgan fingerprint density at radius 2 is 2.25 bits per heavy atom. The Balaban J connectivity index is 2.20. The fraction of sp³-hybridized carbons (Fsp3) is 0.562. The van der Waals surface area contributed by atoms with Gasteiger partial charge in [-0.05, 0) is 37.9 Å². The maximum absolute atomic E-state index is 11.9. The molecular weight excluding hydrogens is 252 g/mol. The number of likely N-dealkylation sites (N-methyl/N-ethyl adjacent to an activating group) is 1. The monoisotopic (exact) mass is 276 g/mol. The maximum Gasteiger partial charge on any atom is 0.324 e. The van der Waals surface area contributed by atoms with E-state index in [9.17, 15) is 4.79 Å². The Morgan fingerprint density at radius 3 is 2.95 bits per heavy atom. The normalized spacial score (nSPS) is 19.4. The summed E-state index contributed by atoms with van der Waals surface area (Å²) in [5.74, 6) is -0.192. The van der Waals surface area contributed by atoms with Gasteiger partial charge in [-0.3, -0.25) is 4.79 Å². The van der Waals surface area contributed by atoms with Crippen molar-refractivity contribution in [1.82, 2.24) is 5.32 Å². The molecular formula is C16H24N2O2. The van der Waals surface area contributed by atoms with Gasteiger partial charge in [0.15, 0.2) is 0 Å². The fourth-order valence-corrected chi connectivity index (χ4v) is 2.85. The van der Waals surface area contributed by atoms with Crippen molar-refractivity contribution in [3.8, 4) is 0 Å². The van der Waals surface area contributed by atoms with Crippen LogP contribution in [0.25, 0.3) is 0 Å². The maximum atomic E-state index is 11.9. The summed E-state index contributed by atoms with van der Waals surface area (Å²) >= 11 is 0. The van der Waals surface area contributed by atoms with Gasteiger partial charge in [0.05, 0.1) is 7.11 Å². The van der Waals surface area contributed by atoms with Crippen LogP contribution in [0, 0.1) is 0 Å². The molecule has 110 valence electrons. The van der Waals surface area contributed by atoms with Crippen molar-refractivity contribution in [3.63, 3.8) is 0 Å². The van der Waals surface area contributed by atoms with Gasteiger partial charge < -0.3 is 15.0 Å². The van der Waals surface area contributed by atoms with Crippen LogP contribution in [0.2, 0.25) is 0 Å². The first-order valence-electron chi connectivity index (χ1n) is 7.33. The van der Waals surface area contributed by atoms with Crippen LogP contribution in [-0.2, 0) is 16.0 Å². The number of hydrogen-bond acceptors (Lipinski definition) is 4. The van der Waals surface area contributed by atoms with E-state index in [0.717, 1.165) is 19.4 Å². The number of ether oxygens (including phenoxy) is 1. The van der Waals surface area contributed by atoms with Gasteiger partial charge in [-0.2, -0.15) is 0 Å². The van der Waals surface area contributed by atoms with E-state index < -0.39 is 0 Å². The van der Waals surface area contributed by atoms with Crippen molar-refractivity contribution < 1.29 is 9.53 Å². The molecule has 1 aromatic carbocycles. The standard InChI is InChI=1S/C16H24N2O2/c1-4-17-14(16(19)20-3)11-18-12(2)9-10-13-7-5-6-8-15(13)18/h5-8,12,14,17H,4,9-11H2,1-3H3. The summed E-state index contributed by atoms with van der Waals surface area (Å²) in [6, 6.07) is 8.62. The van der Waals surface area contributed by atoms with Gasteiger partial charge in [-0.25, -0.2) is 0 Å². The molecule has 0 radical (unpaired) electrons. The van der Waals surface area contributed by atoms with Crippen LogP contribution in [0.4, 0.5) is 5.69 Å². The van der Waals surface area contributed by atoms with Crippen molar-refractivity contribution >= 4 is 11.7 Å². The number of aryl methyl sites for hydroxylation is 1. The van der Waals surface area contributed by atoms with Crippen molar-refractivity contribution in [2.75, 3.05) is 25.1 Å². The lowest BCUT2D eigenvalue weighted by Gasteiger charge is -2.38. The number of nitrogens with one attached hydrogen (secondary N) is 1. The average molecular weight is 276 g/mol. The number of anilines is 1. The third-order valence-corrected chi connectivity index (χ3v) is 3.98. The van der Waals surface area contributed by atoms with E-state index in [1.54, 1.807) is 0 Å². The molecule has 1 aliphatic heterocycles. The van der Waals surface area contributed by atoms with E-state index in [-0.39, 0.29) is 12.0 Å². The van der Waals surface area contributed by atoms with Crippen molar-refractivity contribution in [2.45, 2.75) is 38.8 Å². The third kappa shape index (κ3) is 3.12. The lowest BCUT2D eigenvalue weighted by molar-refractivity contribution is -0.142. The molecule has 1 aromatic rings. The quantitative estimate of drug-likeness (QED) is 0.835. The number of rotatable bonds is 5. The molecule has 20 heavy (non-hydrogen) atoms. The highest BCUT2D eigenvalue weighted by Gasteiger charge is 2.28. The highest BCUT2D eigenvalue weighted by atomic mass is 16.5. The van der Waals surface area contributed by atoms with Crippen LogP contribution in [0.3, 0.4) is 0 Å². The summed E-state index contributed by atoms with van der Waals surface area (Å²) in [5.41, 5.74) is 2.61. The summed E-state index contributed by atoms with van der Waals surface area (Å²) in [4.78, 5) is 14.2. The summed E-state index contributed by atoms with van der Waals surface area (Å²) < 4.78 is 4.90. The highest BCUT2D eigenvalue weighted by Crippen LogP contribution is 2.30. The van der Waals surface area contributed by atoms with E-state index >= 15 is 0 Å². The predicted molar refractivity (Wildman–Crippen MR) is 81.1 cm³/mol. The first-order chi connectivity index (χ1) is 9.67. The second-order valence-electron chi connectivity index (χ2n) is 5.30. The number of benzene rings is 1. The number of carbonyl (C=O) groups is 1. The van der Waals surface area contributed by atoms with E-state index in [1.807, 2.05) is 6.92 Å². The van der Waals surface area contributed by atoms with Gasteiger partial charge in [0.2, 0.25) is 0 Å². The lowest BCUT2D eigenvalue weighted by atomic mass is 9.96. The Morgan fingerprint density at radius 1 is 1.50 bits per heavy atom. The third-order valence-electron chi connectivity index (χ3n) is 3.98. The minimum absolute atomic E-state index is 0.192. The molecule has 0 aliphatic carbocycles. The number of fused-ring (bicyclic) bond motifs is 1. The second kappa shape index (κ2) is 6.75. The minimum Gasteiger partial charge on any atom is -0.468 e. The molecule has 2 atom stereocenters. The number of para-hydroxylation sites is 1. The second-order valence-corrected chi connectivity index (χ2v) is 5.30. The molecule has 0 fully saturated rings. The highest BCUT2D eigenvalue weighted by molar-refractivity contribution is 5.77.